The molecule has 1 amide bonds. The van der Waals surface area contributed by atoms with Crippen LogP contribution in [0.5, 0.6) is 0 Å². The molecule has 0 saturated carbocycles. The van der Waals surface area contributed by atoms with Gasteiger partial charge in [0, 0.05) is 12.5 Å². The summed E-state index contributed by atoms with van der Waals surface area (Å²) in [7, 11) is 0. The predicted octanol–water partition coefficient (Wildman–Crippen LogP) is 3.46. The van der Waals surface area contributed by atoms with Crippen LogP contribution in [-0.4, -0.2) is 35.4 Å². The molecule has 140 valence electrons. The number of fused-ring (bicyclic) bond motifs is 1. The maximum absolute atomic E-state index is 12.9. The lowest BCUT2D eigenvalue weighted by molar-refractivity contribution is -0.122. The Balaban J connectivity index is 1.25. The van der Waals surface area contributed by atoms with Crippen molar-refractivity contribution in [2.45, 2.75) is 25.3 Å². The Kier molecular flexibility index (Phi) is 5.16. The van der Waals surface area contributed by atoms with Gasteiger partial charge in [0.05, 0.1) is 6.54 Å². The number of hydrogen-bond donors (Lipinski definition) is 1. The second-order valence-corrected chi connectivity index (χ2v) is 6.97. The number of piperidine rings is 1. The highest BCUT2D eigenvalue weighted by molar-refractivity contribution is 5.78. The largest absolute Gasteiger partial charge is 0.440 e. The zero-order valence-electron chi connectivity index (χ0n) is 15.0. The lowest BCUT2D eigenvalue weighted by Gasteiger charge is -2.29. The summed E-state index contributed by atoms with van der Waals surface area (Å²) in [6, 6.07) is 14.0. The van der Waals surface area contributed by atoms with Crippen molar-refractivity contribution in [3.63, 3.8) is 0 Å². The molecule has 6 heteroatoms. The SMILES string of the molecule is O=C(CN1CCC(c2nc3ccccc3o2)CC1)NCc1ccc(F)cc1. The molecule has 0 spiro atoms. The van der Waals surface area contributed by atoms with E-state index in [2.05, 4.69) is 15.2 Å². The third-order valence-corrected chi connectivity index (χ3v) is 5.02. The molecule has 1 saturated heterocycles. The van der Waals surface area contributed by atoms with Crippen LogP contribution in [0.15, 0.2) is 52.9 Å². The fourth-order valence-corrected chi connectivity index (χ4v) is 3.46. The second kappa shape index (κ2) is 7.88. The van der Waals surface area contributed by atoms with E-state index in [9.17, 15) is 9.18 Å². The van der Waals surface area contributed by atoms with Gasteiger partial charge in [0.25, 0.3) is 0 Å². The summed E-state index contributed by atoms with van der Waals surface area (Å²) < 4.78 is 18.8. The molecule has 5 nitrogen and oxygen atoms in total. The highest BCUT2D eigenvalue weighted by Gasteiger charge is 2.25. The van der Waals surface area contributed by atoms with Gasteiger partial charge in [0.2, 0.25) is 5.91 Å². The summed E-state index contributed by atoms with van der Waals surface area (Å²) in [5, 5.41) is 2.89. The highest BCUT2D eigenvalue weighted by atomic mass is 19.1. The zero-order chi connectivity index (χ0) is 18.6. The van der Waals surface area contributed by atoms with Crippen LogP contribution in [0.1, 0.15) is 30.2 Å². The highest BCUT2D eigenvalue weighted by Crippen LogP contribution is 2.29. The number of halogens is 1. The lowest BCUT2D eigenvalue weighted by atomic mass is 9.97. The summed E-state index contributed by atoms with van der Waals surface area (Å²) in [5.41, 5.74) is 2.62. The van der Waals surface area contributed by atoms with E-state index in [1.54, 1.807) is 12.1 Å². The minimum absolute atomic E-state index is 0.0142. The summed E-state index contributed by atoms with van der Waals surface area (Å²) in [5.74, 6) is 0.819. The summed E-state index contributed by atoms with van der Waals surface area (Å²) in [6.45, 7) is 2.47. The van der Waals surface area contributed by atoms with E-state index in [1.807, 2.05) is 24.3 Å². The van der Waals surface area contributed by atoms with Crippen molar-refractivity contribution in [1.82, 2.24) is 15.2 Å². The third-order valence-electron chi connectivity index (χ3n) is 5.02. The average Bonchev–Trinajstić information content (AvgIpc) is 3.12. The van der Waals surface area contributed by atoms with Crippen molar-refractivity contribution in [3.05, 3.63) is 65.8 Å². The van der Waals surface area contributed by atoms with E-state index in [-0.39, 0.29) is 11.7 Å². The van der Waals surface area contributed by atoms with Crippen LogP contribution in [0.4, 0.5) is 4.39 Å². The van der Waals surface area contributed by atoms with E-state index < -0.39 is 0 Å². The fraction of sp³-hybridized carbons (Fsp3) is 0.333. The van der Waals surface area contributed by atoms with Gasteiger partial charge >= 0.3 is 0 Å². The molecule has 2 heterocycles. The molecule has 0 unspecified atom stereocenters. The first-order valence-corrected chi connectivity index (χ1v) is 9.26. The maximum Gasteiger partial charge on any atom is 0.234 e. The van der Waals surface area contributed by atoms with Crippen molar-refractivity contribution < 1.29 is 13.6 Å². The molecule has 0 aliphatic carbocycles. The maximum atomic E-state index is 12.9. The number of aromatic nitrogens is 1. The van der Waals surface area contributed by atoms with Gasteiger partial charge in [-0.2, -0.15) is 0 Å². The van der Waals surface area contributed by atoms with Gasteiger partial charge < -0.3 is 9.73 Å². The Morgan fingerprint density at radius 2 is 1.89 bits per heavy atom. The molecule has 27 heavy (non-hydrogen) atoms. The number of nitrogens with one attached hydrogen (secondary N) is 1. The van der Waals surface area contributed by atoms with Crippen LogP contribution in [0, 0.1) is 5.82 Å². The van der Waals surface area contributed by atoms with Crippen LogP contribution in [-0.2, 0) is 11.3 Å². The van der Waals surface area contributed by atoms with E-state index >= 15 is 0 Å². The standard InChI is InChI=1S/C21H22FN3O2/c22-17-7-5-15(6-8-17)13-23-20(26)14-25-11-9-16(10-12-25)21-24-18-3-1-2-4-19(18)27-21/h1-8,16H,9-14H2,(H,23,26). The van der Waals surface area contributed by atoms with Gasteiger partial charge in [-0.05, 0) is 55.8 Å². The van der Waals surface area contributed by atoms with Crippen molar-refractivity contribution in [2.75, 3.05) is 19.6 Å². The van der Waals surface area contributed by atoms with Crippen LogP contribution >= 0.6 is 0 Å². The van der Waals surface area contributed by atoms with Crippen LogP contribution in [0.25, 0.3) is 11.1 Å². The van der Waals surface area contributed by atoms with Gasteiger partial charge in [-0.15, -0.1) is 0 Å². The Bertz CT molecular complexity index is 882. The van der Waals surface area contributed by atoms with Crippen molar-refractivity contribution >= 4 is 17.0 Å². The topological polar surface area (TPSA) is 58.4 Å². The van der Waals surface area contributed by atoms with Crippen LogP contribution in [0.2, 0.25) is 0 Å². The third kappa shape index (κ3) is 4.34. The first kappa shape index (κ1) is 17.7. The molecule has 1 fully saturated rings. The normalized spacial score (nSPS) is 15.9. The average molecular weight is 367 g/mol. The molecule has 2 aromatic carbocycles. The molecule has 1 N–H and O–H groups in total. The molecule has 0 radical (unpaired) electrons. The number of nitrogens with zero attached hydrogens (tertiary/aromatic N) is 2. The van der Waals surface area contributed by atoms with E-state index in [1.165, 1.54) is 12.1 Å². The van der Waals surface area contributed by atoms with E-state index in [4.69, 9.17) is 4.42 Å². The van der Waals surface area contributed by atoms with Gasteiger partial charge in [-0.3, -0.25) is 9.69 Å². The van der Waals surface area contributed by atoms with E-state index in [0.717, 1.165) is 48.5 Å². The molecule has 3 aromatic rings. The molecule has 1 aliphatic rings. The van der Waals surface area contributed by atoms with Gasteiger partial charge in [0.1, 0.15) is 11.3 Å². The number of carbonyl (C=O) groups excluding carboxylic acids is 1. The molecule has 4 rings (SSSR count). The predicted molar refractivity (Wildman–Crippen MR) is 101 cm³/mol. The number of oxazole rings is 1. The Hall–Kier alpha value is -2.73. The molecular formula is C21H22FN3O2. The summed E-state index contributed by atoms with van der Waals surface area (Å²) in [4.78, 5) is 18.9. The Morgan fingerprint density at radius 1 is 1.15 bits per heavy atom. The van der Waals surface area contributed by atoms with Crippen molar-refractivity contribution in [2.24, 2.45) is 0 Å². The van der Waals surface area contributed by atoms with Gasteiger partial charge in [-0.1, -0.05) is 24.3 Å². The molecule has 1 aliphatic heterocycles. The number of amides is 1. The first-order chi connectivity index (χ1) is 13.2. The van der Waals surface area contributed by atoms with Gasteiger partial charge in [0.15, 0.2) is 11.5 Å². The first-order valence-electron chi connectivity index (χ1n) is 9.26. The van der Waals surface area contributed by atoms with Crippen LogP contribution < -0.4 is 5.32 Å². The number of carbonyl (C=O) groups is 1. The quantitative estimate of drug-likeness (QED) is 0.750. The lowest BCUT2D eigenvalue weighted by Crippen LogP contribution is -2.41. The van der Waals surface area contributed by atoms with Gasteiger partial charge in [-0.25, -0.2) is 9.37 Å². The zero-order valence-corrected chi connectivity index (χ0v) is 15.0. The number of rotatable bonds is 5. The molecule has 1 aromatic heterocycles. The second-order valence-electron chi connectivity index (χ2n) is 6.97. The van der Waals surface area contributed by atoms with Crippen LogP contribution in [0.3, 0.4) is 0 Å². The Morgan fingerprint density at radius 3 is 2.63 bits per heavy atom. The number of para-hydroxylation sites is 2. The smallest absolute Gasteiger partial charge is 0.234 e. The monoisotopic (exact) mass is 367 g/mol. The number of benzene rings is 2. The minimum Gasteiger partial charge on any atom is -0.440 e. The van der Waals surface area contributed by atoms with E-state index in [0.29, 0.717) is 19.0 Å². The van der Waals surface area contributed by atoms with Crippen molar-refractivity contribution in [1.29, 1.82) is 0 Å². The molecule has 0 bridgehead atoms. The van der Waals surface area contributed by atoms with Crippen molar-refractivity contribution in [3.8, 4) is 0 Å². The fourth-order valence-electron chi connectivity index (χ4n) is 3.46. The summed E-state index contributed by atoms with van der Waals surface area (Å²) >= 11 is 0. The summed E-state index contributed by atoms with van der Waals surface area (Å²) in [6.07, 6.45) is 1.86. The number of likely N-dealkylation sites (tertiary alicyclic amines) is 1. The molecule has 0 atom stereocenters. The Labute approximate surface area is 157 Å². The molecular weight excluding hydrogens is 345 g/mol. The number of hydrogen-bond acceptors (Lipinski definition) is 4. The minimum atomic E-state index is -0.271.